The summed E-state index contributed by atoms with van der Waals surface area (Å²) in [6.07, 6.45) is -31.7. The number of carbonyl (C=O) groups excluding carboxylic acids is 9. The van der Waals surface area contributed by atoms with Gasteiger partial charge in [0.05, 0.1) is 104 Å². The first-order valence-corrected chi connectivity index (χ1v) is 39.2. The maximum absolute atomic E-state index is 15.1. The van der Waals surface area contributed by atoms with Gasteiger partial charge in [-0.25, -0.2) is 4.79 Å². The van der Waals surface area contributed by atoms with Gasteiger partial charge in [0.15, 0.2) is 0 Å². The maximum atomic E-state index is 15.1. The number of urea groups is 1. The summed E-state index contributed by atoms with van der Waals surface area (Å²) < 4.78 is 16.5. The van der Waals surface area contributed by atoms with Gasteiger partial charge in [-0.2, -0.15) is 0 Å². The monoisotopic (exact) mass is 1700 g/mol. The van der Waals surface area contributed by atoms with E-state index in [1.165, 1.54) is 47.9 Å². The van der Waals surface area contributed by atoms with Crippen LogP contribution in [0.2, 0.25) is 0 Å². The van der Waals surface area contributed by atoms with Gasteiger partial charge in [0.25, 0.3) is 11.8 Å². The van der Waals surface area contributed by atoms with Crippen molar-refractivity contribution in [2.24, 2.45) is 17.4 Å². The molecule has 0 bridgehead atoms. The molecule has 1 aliphatic heterocycles. The number of nitrogens with one attached hydrogen (secondary N) is 7. The van der Waals surface area contributed by atoms with Crippen molar-refractivity contribution in [2.45, 2.75) is 225 Å². The fourth-order valence-corrected chi connectivity index (χ4v) is 12.0. The average Bonchev–Trinajstić information content (AvgIpc) is 0.887. The molecule has 10 amide bonds. The van der Waals surface area contributed by atoms with Gasteiger partial charge in [-0.05, 0) is 114 Å². The Hall–Kier alpha value is -6.89. The summed E-state index contributed by atoms with van der Waals surface area (Å²) in [4.78, 5) is 126. The molecular formula is C73H130N12O33. The van der Waals surface area contributed by atoms with E-state index in [0.29, 0.717) is 5.56 Å². The van der Waals surface area contributed by atoms with Crippen molar-refractivity contribution in [3.63, 3.8) is 0 Å². The molecule has 0 aromatic heterocycles. The number of hydrogen-bond acceptors (Lipinski definition) is 36. The number of hydrogen-bond donors (Lipinski definition) is 30. The van der Waals surface area contributed by atoms with Crippen molar-refractivity contribution in [3.05, 3.63) is 42.0 Å². The van der Waals surface area contributed by atoms with Crippen molar-refractivity contribution in [2.75, 3.05) is 130 Å². The molecule has 0 aliphatic carbocycles. The Balaban J connectivity index is 2.73. The van der Waals surface area contributed by atoms with Crippen LogP contribution in [0, 0.1) is 5.92 Å². The zero-order valence-corrected chi connectivity index (χ0v) is 66.6. The molecule has 680 valence electrons. The average molecular weight is 1700 g/mol. The van der Waals surface area contributed by atoms with Gasteiger partial charge in [-0.1, -0.05) is 26.0 Å². The van der Waals surface area contributed by atoms with Crippen molar-refractivity contribution in [1.82, 2.24) is 46.6 Å². The fraction of sp³-hybridized carbons (Fsp3) is 0.767. The number of imide groups is 1. The Labute approximate surface area is 682 Å². The number of amides is 10. The molecule has 0 unspecified atom stereocenters. The summed E-state index contributed by atoms with van der Waals surface area (Å²) in [6, 6.07) is -2.55. The van der Waals surface area contributed by atoms with Crippen LogP contribution in [0.25, 0.3) is 0 Å². The lowest BCUT2D eigenvalue weighted by atomic mass is 9.99. The van der Waals surface area contributed by atoms with Crippen LogP contribution < -0.4 is 48.7 Å². The number of aliphatic hydroxyl groups excluding tert-OH is 21. The third-order valence-corrected chi connectivity index (χ3v) is 19.2. The second-order valence-electron chi connectivity index (χ2n) is 29.0. The first-order chi connectivity index (χ1) is 55.9. The van der Waals surface area contributed by atoms with E-state index in [0.717, 1.165) is 17.1 Å². The topological polar surface area (TPSA) is 752 Å². The van der Waals surface area contributed by atoms with Gasteiger partial charge < -0.3 is 170 Å². The normalized spacial score (nSPS) is 17.9. The summed E-state index contributed by atoms with van der Waals surface area (Å²) in [7, 11) is 0. The van der Waals surface area contributed by atoms with Crippen LogP contribution in [0.15, 0.2) is 36.4 Å². The van der Waals surface area contributed by atoms with Crippen LogP contribution in [0.5, 0.6) is 0 Å². The molecule has 32 N–H and O–H groups in total. The third-order valence-electron chi connectivity index (χ3n) is 19.2. The van der Waals surface area contributed by atoms with Crippen LogP contribution in [0.4, 0.5) is 10.5 Å². The number of carbonyl (C=O) groups is 9. The van der Waals surface area contributed by atoms with Crippen LogP contribution in [-0.2, 0) is 59.2 Å². The summed E-state index contributed by atoms with van der Waals surface area (Å²) >= 11 is 0. The Kier molecular flexibility index (Phi) is 53.6. The van der Waals surface area contributed by atoms with E-state index in [-0.39, 0.29) is 162 Å². The Bertz CT molecular complexity index is 3010. The van der Waals surface area contributed by atoms with E-state index in [1.54, 1.807) is 0 Å². The van der Waals surface area contributed by atoms with Crippen molar-refractivity contribution in [1.29, 1.82) is 0 Å². The number of anilines is 1. The first-order valence-electron chi connectivity index (χ1n) is 39.2. The molecule has 118 heavy (non-hydrogen) atoms. The van der Waals surface area contributed by atoms with Crippen LogP contribution >= 0.6 is 0 Å². The lowest BCUT2D eigenvalue weighted by Crippen LogP contribution is -2.60. The largest absolute Gasteiger partial charge is 0.394 e. The van der Waals surface area contributed by atoms with Crippen molar-refractivity contribution >= 4 is 59.0 Å². The predicted octanol–water partition coefficient (Wildman–Crippen LogP) is -13.2. The smallest absolute Gasteiger partial charge is 0.312 e. The van der Waals surface area contributed by atoms with Crippen molar-refractivity contribution < 1.29 is 165 Å². The molecule has 45 nitrogen and oxygen atoms in total. The zero-order valence-electron chi connectivity index (χ0n) is 66.6. The van der Waals surface area contributed by atoms with Gasteiger partial charge >= 0.3 is 6.03 Å². The molecule has 1 aliphatic rings. The van der Waals surface area contributed by atoms with E-state index in [2.05, 4.69) is 37.2 Å². The number of nitrogens with two attached hydrogens (primary N) is 2. The van der Waals surface area contributed by atoms with Gasteiger partial charge in [-0.3, -0.25) is 53.1 Å². The lowest BCUT2D eigenvalue weighted by molar-refractivity contribution is -0.138. The van der Waals surface area contributed by atoms with E-state index in [9.17, 15) is 141 Å². The highest BCUT2D eigenvalue weighted by Crippen LogP contribution is 2.19. The first kappa shape index (κ1) is 107. The van der Waals surface area contributed by atoms with E-state index >= 15 is 9.59 Å². The maximum Gasteiger partial charge on any atom is 0.312 e. The van der Waals surface area contributed by atoms with Crippen LogP contribution in [0.3, 0.4) is 0 Å². The number of nitrogens with zero attached hydrogens (tertiary/aromatic N) is 3. The van der Waals surface area contributed by atoms with Crippen LogP contribution in [-0.4, -0.2) is 428 Å². The molecule has 0 saturated carbocycles. The highest BCUT2D eigenvalue weighted by molar-refractivity contribution is 6.12. The number of benzene rings is 1. The van der Waals surface area contributed by atoms with Gasteiger partial charge in [-0.15, -0.1) is 0 Å². The Morgan fingerprint density at radius 2 is 0.771 bits per heavy atom. The highest BCUT2D eigenvalue weighted by atomic mass is 16.5. The third kappa shape index (κ3) is 40.2. The summed E-state index contributed by atoms with van der Waals surface area (Å²) in [5.74, 6) is -7.29. The second-order valence-corrected chi connectivity index (χ2v) is 29.0. The molecule has 1 aromatic rings. The zero-order chi connectivity index (χ0) is 88.7. The van der Waals surface area contributed by atoms with Crippen molar-refractivity contribution in [3.8, 4) is 0 Å². The number of aliphatic hydroxyl groups is 21. The summed E-state index contributed by atoms with van der Waals surface area (Å²) in [5.41, 5.74) is 11.9. The van der Waals surface area contributed by atoms with Gasteiger partial charge in [0, 0.05) is 57.0 Å². The number of rotatable bonds is 67. The number of primary amides is 1. The molecule has 45 heteroatoms. The Morgan fingerprint density at radius 3 is 1.15 bits per heavy atom. The van der Waals surface area contributed by atoms with E-state index < -0.39 is 240 Å². The minimum atomic E-state index is -2.16. The molecule has 0 saturated heterocycles. The van der Waals surface area contributed by atoms with Crippen LogP contribution in [0.1, 0.15) is 96.5 Å². The van der Waals surface area contributed by atoms with Gasteiger partial charge in [0.2, 0.25) is 35.4 Å². The quantitative estimate of drug-likeness (QED) is 0.0213. The molecule has 1 heterocycles. The molecule has 0 fully saturated rings. The minimum Gasteiger partial charge on any atom is -0.394 e. The fourth-order valence-electron chi connectivity index (χ4n) is 12.0. The summed E-state index contributed by atoms with van der Waals surface area (Å²) in [6.45, 7) is -4.66. The molecule has 2 rings (SSSR count). The molecular weight excluding hydrogens is 1570 g/mol. The molecule has 0 radical (unpaired) electrons. The lowest BCUT2D eigenvalue weighted by Gasteiger charge is -2.33. The SMILES string of the molecule is CC(C)[C@H](NC(=O)[C@H](CCCCN(C[C@H](O)[C@@H](O)[C@H](O)[C@H](O)CO)C[C@H](O)[C@@H](O)[C@H](O)[C@H](O)CO)NC(=O)[C@H](CCCCN)NC(=O)[C@H](CCCCN(C[C@H](O)[C@@H](O)[C@H](O)[C@H](O)CO)C[C@H](O)[C@@H](O)[C@H](O)[C@H](O)CO)NC(=O)CCOCCOCCOCCN1C(=O)C=CC1=O)C(=O)N[C@@H](CCCNC(N)=O)C(=O)Nc1ccc(CO)cc1. The minimum absolute atomic E-state index is 0.0166. The molecule has 0 spiro atoms. The van der Waals surface area contributed by atoms with Gasteiger partial charge in [0.1, 0.15) is 103 Å². The molecule has 21 atom stereocenters. The Morgan fingerprint density at radius 1 is 0.424 bits per heavy atom. The highest BCUT2D eigenvalue weighted by Gasteiger charge is 2.39. The predicted molar refractivity (Wildman–Crippen MR) is 413 cm³/mol. The number of unbranched alkanes of at least 4 members (excludes halogenated alkanes) is 3. The standard InChI is InChI=1S/C73H130N12O33/c1-41(2)59(72(114)81-47(13-9-22-76-73(75)115)68(110)77-43-16-14-42(36-86)15-17-43)82-71(113)46(12-5-8-24-84(34-50(93)62(104)66(108)54(97)39-89)35-51(94)63(105)67(109)55(98)40-90)80-70(112)45(10-3-6-21-74)79-69(111)44(78-56(99)20-26-116-28-30-118-31-29-117-27-25-85-57(100)18-19-58(85)101)11-4-7-23-83(32-48(91)60(102)64(106)52(95)37-87)33-49(92)61(103)65(107)53(96)38-88/h14-19,41,44-55,59-67,86-98,102-109H,3-13,20-40,74H2,1-2H3,(H,77,110)(H,78,99)(H,79,111)(H,80,112)(H,81,114)(H,82,113)(H3,75,76,115)/t44-,45-,46-,47-,48-,49-,50-,51-,52+,53+,54+,55+,59-,60+,61+,62+,63+,64+,65+,66+,67+/m0/s1. The summed E-state index contributed by atoms with van der Waals surface area (Å²) in [5, 5.41) is 235. The number of ether oxygens (including phenoxy) is 3. The second kappa shape index (κ2) is 59.0. The molecule has 1 aromatic carbocycles. The van der Waals surface area contributed by atoms with E-state index in [4.69, 9.17) is 25.7 Å². The van der Waals surface area contributed by atoms with E-state index in [1.807, 2.05) is 0 Å².